The molecule has 0 saturated carbocycles. The van der Waals surface area contributed by atoms with E-state index in [2.05, 4.69) is 0 Å². The number of hydrogen-bond acceptors (Lipinski definition) is 4. The van der Waals surface area contributed by atoms with Crippen LogP contribution >= 0.6 is 0 Å². The van der Waals surface area contributed by atoms with Crippen molar-refractivity contribution in [2.24, 2.45) is 0 Å². The second kappa shape index (κ2) is 5.24. The van der Waals surface area contributed by atoms with Crippen LogP contribution in [0.5, 0.6) is 11.5 Å². The smallest absolute Gasteiger partial charge is 0.169 e. The highest BCUT2D eigenvalue weighted by molar-refractivity contribution is 5.76. The lowest BCUT2D eigenvalue weighted by Crippen LogP contribution is -2.28. The Bertz CT molecular complexity index is 776. The highest BCUT2D eigenvalue weighted by atomic mass is 16.3. The minimum atomic E-state index is -1.82. The van der Waals surface area contributed by atoms with Gasteiger partial charge in [-0.15, -0.1) is 0 Å². The Labute approximate surface area is 127 Å². The molecule has 0 spiro atoms. The van der Waals surface area contributed by atoms with Crippen LogP contribution < -0.4 is 0 Å². The van der Waals surface area contributed by atoms with Gasteiger partial charge in [0.2, 0.25) is 0 Å². The van der Waals surface area contributed by atoms with E-state index >= 15 is 0 Å². The Morgan fingerprint density at radius 1 is 0.818 bits per heavy atom. The van der Waals surface area contributed by atoms with Gasteiger partial charge in [0, 0.05) is 16.7 Å². The van der Waals surface area contributed by atoms with Crippen molar-refractivity contribution < 1.29 is 20.4 Å². The quantitative estimate of drug-likeness (QED) is 0.641. The molecule has 0 aromatic heterocycles. The van der Waals surface area contributed by atoms with E-state index in [0.29, 0.717) is 17.6 Å². The van der Waals surface area contributed by atoms with Crippen molar-refractivity contribution >= 4 is 5.57 Å². The molecule has 4 nitrogen and oxygen atoms in total. The normalized spacial score (nSPS) is 21.1. The Morgan fingerprint density at radius 3 is 2.14 bits per heavy atom. The van der Waals surface area contributed by atoms with E-state index in [1.54, 1.807) is 42.5 Å². The Balaban J connectivity index is 2.18. The van der Waals surface area contributed by atoms with Gasteiger partial charge in [0.25, 0.3) is 0 Å². The van der Waals surface area contributed by atoms with Crippen molar-refractivity contribution in [2.75, 3.05) is 0 Å². The fourth-order valence-corrected chi connectivity index (χ4v) is 2.73. The molecule has 1 aliphatic carbocycles. The number of hydrogen-bond donors (Lipinski definition) is 4. The summed E-state index contributed by atoms with van der Waals surface area (Å²) >= 11 is 0. The molecule has 1 unspecified atom stereocenters. The zero-order valence-electron chi connectivity index (χ0n) is 11.8. The summed E-state index contributed by atoms with van der Waals surface area (Å²) in [6.07, 6.45) is 3.52. The topological polar surface area (TPSA) is 80.9 Å². The third-order valence-corrected chi connectivity index (χ3v) is 3.87. The molecular weight excluding hydrogens is 280 g/mol. The molecule has 0 radical (unpaired) electrons. The molecule has 112 valence electrons. The third-order valence-electron chi connectivity index (χ3n) is 3.87. The van der Waals surface area contributed by atoms with Crippen molar-refractivity contribution in [3.8, 4) is 11.5 Å². The molecule has 1 atom stereocenters. The second-order valence-electron chi connectivity index (χ2n) is 5.23. The number of allylic oxidation sites excluding steroid dienone is 2. The van der Waals surface area contributed by atoms with Crippen molar-refractivity contribution in [2.45, 2.75) is 12.0 Å². The van der Waals surface area contributed by atoms with Gasteiger partial charge < -0.3 is 20.4 Å². The third kappa shape index (κ3) is 2.14. The Hall–Kier alpha value is -2.72. The molecule has 0 fully saturated rings. The molecule has 3 rings (SSSR count). The van der Waals surface area contributed by atoms with Crippen molar-refractivity contribution in [3.63, 3.8) is 0 Å². The van der Waals surface area contributed by atoms with Gasteiger partial charge in [-0.05, 0) is 24.6 Å². The molecule has 4 N–H and O–H groups in total. The fourth-order valence-electron chi connectivity index (χ4n) is 2.73. The number of phenolic OH excluding ortho intramolecular Hbond substituents is 2. The number of aromatic hydroxyl groups is 2. The summed E-state index contributed by atoms with van der Waals surface area (Å²) in [6.45, 7) is 0. The summed E-state index contributed by atoms with van der Waals surface area (Å²) in [6, 6.07) is 12.9. The number of para-hydroxylation sites is 2. The van der Waals surface area contributed by atoms with Crippen molar-refractivity contribution in [3.05, 3.63) is 77.6 Å². The van der Waals surface area contributed by atoms with Crippen LogP contribution in [0.25, 0.3) is 5.57 Å². The molecule has 0 amide bonds. The van der Waals surface area contributed by atoms with Crippen LogP contribution in [0, 0.1) is 0 Å². The number of rotatable bonds is 2. The highest BCUT2D eigenvalue weighted by Gasteiger charge is 2.38. The summed E-state index contributed by atoms with van der Waals surface area (Å²) in [5, 5.41) is 41.4. The van der Waals surface area contributed by atoms with Crippen molar-refractivity contribution in [1.29, 1.82) is 0 Å². The van der Waals surface area contributed by atoms with Gasteiger partial charge in [0.1, 0.15) is 17.3 Å². The number of benzene rings is 2. The van der Waals surface area contributed by atoms with Gasteiger partial charge in [0.05, 0.1) is 0 Å². The summed E-state index contributed by atoms with van der Waals surface area (Å²) in [5.74, 6) is -0.378. The largest absolute Gasteiger partial charge is 0.508 e. The molecule has 0 heterocycles. The van der Waals surface area contributed by atoms with Crippen LogP contribution in [0.1, 0.15) is 17.5 Å². The minimum absolute atomic E-state index is 0.0268. The van der Waals surface area contributed by atoms with Gasteiger partial charge in [-0.2, -0.15) is 0 Å². The molecule has 2 aromatic rings. The number of phenols is 2. The van der Waals surface area contributed by atoms with Gasteiger partial charge in [-0.1, -0.05) is 42.5 Å². The van der Waals surface area contributed by atoms with Crippen LogP contribution in [-0.4, -0.2) is 20.4 Å². The molecule has 22 heavy (non-hydrogen) atoms. The van der Waals surface area contributed by atoms with E-state index in [9.17, 15) is 20.4 Å². The first kappa shape index (κ1) is 14.2. The lowest BCUT2D eigenvalue weighted by molar-refractivity contribution is 0.0755. The molecule has 4 heteroatoms. The Morgan fingerprint density at radius 2 is 1.45 bits per heavy atom. The maximum atomic E-state index is 10.9. The first-order valence-corrected chi connectivity index (χ1v) is 6.93. The maximum Gasteiger partial charge on any atom is 0.169 e. The average Bonchev–Trinajstić information content (AvgIpc) is 2.51. The number of aliphatic hydroxyl groups excluding tert-OH is 1. The first-order chi connectivity index (χ1) is 10.5. The minimum Gasteiger partial charge on any atom is -0.508 e. The summed E-state index contributed by atoms with van der Waals surface area (Å²) in [7, 11) is 0. The van der Waals surface area contributed by atoms with Gasteiger partial charge in [-0.3, -0.25) is 0 Å². The van der Waals surface area contributed by atoms with Crippen LogP contribution in [0.3, 0.4) is 0 Å². The first-order valence-electron chi connectivity index (χ1n) is 6.93. The van der Waals surface area contributed by atoms with E-state index in [-0.39, 0.29) is 22.8 Å². The zero-order chi connectivity index (χ0) is 15.7. The van der Waals surface area contributed by atoms with Crippen LogP contribution in [-0.2, 0) is 5.60 Å². The van der Waals surface area contributed by atoms with E-state index in [1.807, 2.05) is 0 Å². The lowest BCUT2D eigenvalue weighted by atomic mass is 9.82. The van der Waals surface area contributed by atoms with Gasteiger partial charge in [-0.25, -0.2) is 0 Å². The average molecular weight is 296 g/mol. The summed E-state index contributed by atoms with van der Waals surface area (Å²) in [4.78, 5) is 0. The van der Waals surface area contributed by atoms with E-state index in [4.69, 9.17) is 0 Å². The van der Waals surface area contributed by atoms with Crippen LogP contribution in [0.2, 0.25) is 0 Å². The van der Waals surface area contributed by atoms with Crippen LogP contribution in [0.4, 0.5) is 0 Å². The van der Waals surface area contributed by atoms with E-state index in [1.165, 1.54) is 18.2 Å². The molecule has 0 bridgehead atoms. The van der Waals surface area contributed by atoms with Crippen molar-refractivity contribution in [1.82, 2.24) is 0 Å². The standard InChI is InChI=1S/C18H16O4/c19-15-9-3-1-6-12(15)13-7-5-11-18(22,17(13)21)14-8-2-4-10-16(14)20/h1-6,8-11,19-22H,7H2. The molecule has 0 aliphatic heterocycles. The maximum absolute atomic E-state index is 10.9. The fraction of sp³-hybridized carbons (Fsp3) is 0.111. The monoisotopic (exact) mass is 296 g/mol. The number of aliphatic hydroxyl groups is 2. The van der Waals surface area contributed by atoms with Crippen LogP contribution in [0.15, 0.2) is 66.4 Å². The predicted octanol–water partition coefficient (Wildman–Crippen LogP) is 3.21. The van der Waals surface area contributed by atoms with E-state index in [0.717, 1.165) is 0 Å². The molecule has 0 saturated heterocycles. The molecule has 2 aromatic carbocycles. The Kier molecular flexibility index (Phi) is 3.39. The van der Waals surface area contributed by atoms with Gasteiger partial charge >= 0.3 is 0 Å². The lowest BCUT2D eigenvalue weighted by Gasteiger charge is -2.30. The van der Waals surface area contributed by atoms with Gasteiger partial charge in [0.15, 0.2) is 5.60 Å². The second-order valence-corrected chi connectivity index (χ2v) is 5.23. The zero-order valence-corrected chi connectivity index (χ0v) is 11.8. The molecular formula is C18H16O4. The molecule has 1 aliphatic rings. The predicted molar refractivity (Wildman–Crippen MR) is 83.4 cm³/mol. The summed E-state index contributed by atoms with van der Waals surface area (Å²) in [5.41, 5.74) is -0.748. The highest BCUT2D eigenvalue weighted by Crippen LogP contribution is 2.43. The SMILES string of the molecule is OC1=C(c2ccccc2O)CC=CC1(O)c1ccccc1O. The van der Waals surface area contributed by atoms with E-state index < -0.39 is 5.60 Å². The summed E-state index contributed by atoms with van der Waals surface area (Å²) < 4.78 is 0.